The molecular weight excluding hydrogens is 459 g/mol. The van der Waals surface area contributed by atoms with Crippen molar-refractivity contribution in [2.75, 3.05) is 5.75 Å². The van der Waals surface area contributed by atoms with E-state index in [0.717, 1.165) is 12.3 Å². The minimum Gasteiger partial charge on any atom is -0.433 e. The third kappa shape index (κ3) is 4.73. The van der Waals surface area contributed by atoms with Gasteiger partial charge in [-0.25, -0.2) is 17.8 Å². The fourth-order valence-corrected chi connectivity index (χ4v) is 5.34. The largest absolute Gasteiger partial charge is 0.433 e. The number of ketones is 1. The average molecular weight is 484 g/mol. The fourth-order valence-electron chi connectivity index (χ4n) is 3.65. The van der Waals surface area contributed by atoms with Crippen LogP contribution in [-0.2, 0) is 21.8 Å². The van der Waals surface area contributed by atoms with Gasteiger partial charge in [0.15, 0.2) is 15.6 Å². The number of aliphatic imine (C=N–C) groups is 1. The lowest BCUT2D eigenvalue weighted by atomic mass is 9.90. The van der Waals surface area contributed by atoms with Crippen molar-refractivity contribution in [1.29, 1.82) is 0 Å². The van der Waals surface area contributed by atoms with E-state index in [-0.39, 0.29) is 29.3 Å². The van der Waals surface area contributed by atoms with Crippen molar-refractivity contribution in [3.8, 4) is 5.75 Å². The maximum atomic E-state index is 14.8. The number of alkyl halides is 2. The van der Waals surface area contributed by atoms with Gasteiger partial charge in [-0.05, 0) is 57.0 Å². The Morgan fingerprint density at radius 1 is 1.24 bits per heavy atom. The van der Waals surface area contributed by atoms with E-state index in [1.54, 1.807) is 0 Å². The number of nitrogens with zero attached hydrogens (tertiary/aromatic N) is 2. The predicted molar refractivity (Wildman–Crippen MR) is 117 cm³/mol. The Morgan fingerprint density at radius 2 is 1.91 bits per heavy atom. The number of nitrogens with two attached hydrogens (primary N) is 1. The summed E-state index contributed by atoms with van der Waals surface area (Å²) in [7, 11) is -3.74. The summed E-state index contributed by atoms with van der Waals surface area (Å²) in [6.07, 6.45) is 0.847. The number of aryl methyl sites for hydroxylation is 1. The molecule has 0 radical (unpaired) electrons. The molecule has 1 aliphatic heterocycles. The minimum atomic E-state index is -3.74. The van der Waals surface area contributed by atoms with E-state index in [2.05, 4.69) is 14.7 Å². The third-order valence-electron chi connectivity index (χ3n) is 5.75. The van der Waals surface area contributed by atoms with E-state index < -0.39 is 44.1 Å². The number of halogens is 3. The van der Waals surface area contributed by atoms with Gasteiger partial charge in [-0.1, -0.05) is 6.07 Å². The molecular formula is C22H24F3N3O4S. The van der Waals surface area contributed by atoms with Gasteiger partial charge in [0.1, 0.15) is 33.4 Å². The van der Waals surface area contributed by atoms with E-state index in [1.165, 1.54) is 45.9 Å². The Kier molecular flexibility index (Phi) is 6.31. The van der Waals surface area contributed by atoms with Crippen molar-refractivity contribution in [3.05, 3.63) is 58.7 Å². The van der Waals surface area contributed by atoms with Crippen molar-refractivity contribution in [2.45, 2.75) is 51.0 Å². The Morgan fingerprint density at radius 3 is 2.48 bits per heavy atom. The SMILES string of the molecule is Cc1cc(OC(F)F)cnc1C(=O)Cc1ccc(F)c([C@]2(C)CS(=O)(=O)C(C)(C)C(N)=N2)c1. The van der Waals surface area contributed by atoms with Gasteiger partial charge < -0.3 is 10.5 Å². The zero-order valence-corrected chi connectivity index (χ0v) is 19.3. The van der Waals surface area contributed by atoms with Crippen LogP contribution in [0, 0.1) is 12.7 Å². The molecule has 178 valence electrons. The Bertz CT molecular complexity index is 1250. The Hall–Kier alpha value is -2.95. The summed E-state index contributed by atoms with van der Waals surface area (Å²) in [6, 6.07) is 5.20. The van der Waals surface area contributed by atoms with Crippen LogP contribution in [0.3, 0.4) is 0 Å². The molecule has 2 N–H and O–H groups in total. The molecule has 3 rings (SSSR count). The molecule has 2 heterocycles. The number of hydrogen-bond donors (Lipinski definition) is 1. The maximum Gasteiger partial charge on any atom is 0.387 e. The van der Waals surface area contributed by atoms with Crippen molar-refractivity contribution < 1.29 is 31.1 Å². The molecule has 1 aromatic carbocycles. The standard InChI is InChI=1S/C22H24F3N3O4S/c1-12-7-14(32-20(24)25)10-27-18(12)17(29)9-13-5-6-16(23)15(8-13)22(4)11-33(30,31)21(2,3)19(26)28-22/h5-8,10,20H,9,11H2,1-4H3,(H2,26,28)/t22-/m0/s1. The molecule has 1 atom stereocenters. The quantitative estimate of drug-likeness (QED) is 0.631. The molecule has 0 unspecified atom stereocenters. The highest BCUT2D eigenvalue weighted by Gasteiger charge is 2.49. The highest BCUT2D eigenvalue weighted by Crippen LogP contribution is 2.38. The van der Waals surface area contributed by atoms with Gasteiger partial charge in [0.25, 0.3) is 0 Å². The topological polar surface area (TPSA) is 112 Å². The molecule has 1 aromatic heterocycles. The number of rotatable bonds is 6. The number of Topliss-reactive ketones (excluding diaryl/α,β-unsaturated/α-hetero) is 1. The molecule has 0 aliphatic carbocycles. The highest BCUT2D eigenvalue weighted by atomic mass is 32.2. The van der Waals surface area contributed by atoms with Gasteiger partial charge in [0, 0.05) is 12.0 Å². The number of carbonyl (C=O) groups is 1. The van der Waals surface area contributed by atoms with E-state index >= 15 is 0 Å². The molecule has 0 amide bonds. The number of carbonyl (C=O) groups excluding carboxylic acids is 1. The van der Waals surface area contributed by atoms with Crippen LogP contribution in [0.5, 0.6) is 5.75 Å². The monoisotopic (exact) mass is 483 g/mol. The van der Waals surface area contributed by atoms with E-state index in [1.807, 2.05) is 0 Å². The number of benzene rings is 1. The van der Waals surface area contributed by atoms with Crippen LogP contribution >= 0.6 is 0 Å². The van der Waals surface area contributed by atoms with Crippen LogP contribution in [0.25, 0.3) is 0 Å². The molecule has 1 aliphatic rings. The number of pyridine rings is 1. The second-order valence-electron chi connectivity index (χ2n) is 8.67. The van der Waals surface area contributed by atoms with Crippen LogP contribution in [0.1, 0.15) is 48.0 Å². The van der Waals surface area contributed by atoms with E-state index in [9.17, 15) is 26.4 Å². The molecule has 0 saturated carbocycles. The second kappa shape index (κ2) is 8.44. The summed E-state index contributed by atoms with van der Waals surface area (Å²) in [5.41, 5.74) is 5.26. The van der Waals surface area contributed by atoms with Crippen molar-refractivity contribution in [1.82, 2.24) is 4.98 Å². The summed E-state index contributed by atoms with van der Waals surface area (Å²) in [5, 5.41) is 0. The van der Waals surface area contributed by atoms with Crippen LogP contribution < -0.4 is 10.5 Å². The lowest BCUT2D eigenvalue weighted by Crippen LogP contribution is -2.55. The van der Waals surface area contributed by atoms with Crippen LogP contribution in [0.15, 0.2) is 35.5 Å². The predicted octanol–water partition coefficient (Wildman–Crippen LogP) is 3.34. The summed E-state index contributed by atoms with van der Waals surface area (Å²) in [5.74, 6) is -1.85. The Balaban J connectivity index is 1.93. The normalized spacial score (nSPS) is 21.5. The zero-order chi connectivity index (χ0) is 24.8. The molecule has 0 saturated heterocycles. The van der Waals surface area contributed by atoms with E-state index in [4.69, 9.17) is 5.73 Å². The van der Waals surface area contributed by atoms with E-state index in [0.29, 0.717) is 11.1 Å². The number of sulfone groups is 1. The molecule has 0 spiro atoms. The van der Waals surface area contributed by atoms with Crippen molar-refractivity contribution >= 4 is 21.5 Å². The maximum absolute atomic E-state index is 14.8. The minimum absolute atomic E-state index is 0.000174. The van der Waals surface area contributed by atoms with Crippen LogP contribution in [0.4, 0.5) is 13.2 Å². The van der Waals surface area contributed by atoms with Crippen LogP contribution in [-0.4, -0.2) is 42.1 Å². The van der Waals surface area contributed by atoms with Crippen molar-refractivity contribution in [2.24, 2.45) is 10.7 Å². The highest BCUT2D eigenvalue weighted by molar-refractivity contribution is 7.93. The molecule has 0 bridgehead atoms. The number of amidine groups is 1. The van der Waals surface area contributed by atoms with Crippen LogP contribution in [0.2, 0.25) is 0 Å². The van der Waals surface area contributed by atoms with Crippen molar-refractivity contribution in [3.63, 3.8) is 0 Å². The summed E-state index contributed by atoms with van der Waals surface area (Å²) < 4.78 is 68.0. The number of hydrogen-bond acceptors (Lipinski definition) is 7. The number of aromatic nitrogens is 1. The molecule has 0 fully saturated rings. The average Bonchev–Trinajstić information content (AvgIpc) is 2.67. The third-order valence-corrected chi connectivity index (χ3v) is 8.46. The smallest absolute Gasteiger partial charge is 0.387 e. The van der Waals surface area contributed by atoms with Gasteiger partial charge >= 0.3 is 6.61 Å². The van der Waals surface area contributed by atoms with Gasteiger partial charge in [-0.15, -0.1) is 0 Å². The molecule has 2 aromatic rings. The first-order chi connectivity index (χ1) is 15.2. The lowest BCUT2D eigenvalue weighted by Gasteiger charge is -2.38. The molecule has 11 heteroatoms. The molecule has 33 heavy (non-hydrogen) atoms. The lowest BCUT2D eigenvalue weighted by molar-refractivity contribution is -0.0501. The summed E-state index contributed by atoms with van der Waals surface area (Å²) >= 11 is 0. The second-order valence-corrected chi connectivity index (χ2v) is 11.2. The zero-order valence-electron chi connectivity index (χ0n) is 18.5. The first-order valence-corrected chi connectivity index (χ1v) is 11.6. The van der Waals surface area contributed by atoms with Gasteiger partial charge in [-0.2, -0.15) is 8.78 Å². The summed E-state index contributed by atoms with van der Waals surface area (Å²) in [6.45, 7) is 2.88. The van der Waals surface area contributed by atoms with Gasteiger partial charge in [0.2, 0.25) is 0 Å². The number of ether oxygens (including phenoxy) is 1. The first kappa shape index (κ1) is 24.7. The van der Waals surface area contributed by atoms with Gasteiger partial charge in [-0.3, -0.25) is 9.79 Å². The Labute approximate surface area is 189 Å². The fraction of sp³-hybridized carbons (Fsp3) is 0.409. The van der Waals surface area contributed by atoms with Gasteiger partial charge in [0.05, 0.1) is 11.9 Å². The molecule has 7 nitrogen and oxygen atoms in total. The summed E-state index contributed by atoms with van der Waals surface area (Å²) in [4.78, 5) is 21.0. The first-order valence-electron chi connectivity index (χ1n) is 9.98.